The van der Waals surface area contributed by atoms with Gasteiger partial charge in [-0.05, 0) is 61.2 Å². The zero-order valence-corrected chi connectivity index (χ0v) is 17.4. The summed E-state index contributed by atoms with van der Waals surface area (Å²) in [4.78, 5) is 0. The van der Waals surface area contributed by atoms with Crippen molar-refractivity contribution in [2.24, 2.45) is 0 Å². The minimum Gasteiger partial charge on any atom is -0.491 e. The normalized spacial score (nSPS) is 30.5. The van der Waals surface area contributed by atoms with Crippen LogP contribution < -0.4 is 4.74 Å². The number of ether oxygens (including phenoxy) is 3. The molecule has 30 heavy (non-hydrogen) atoms. The first-order chi connectivity index (χ1) is 14.3. The molecule has 162 valence electrons. The molecule has 5 atom stereocenters. The van der Waals surface area contributed by atoms with E-state index in [0.717, 1.165) is 5.56 Å². The van der Waals surface area contributed by atoms with Crippen molar-refractivity contribution in [3.63, 3.8) is 0 Å². The highest BCUT2D eigenvalue weighted by Crippen LogP contribution is 2.47. The van der Waals surface area contributed by atoms with Crippen molar-refractivity contribution >= 4 is 11.6 Å². The zero-order valence-electron chi connectivity index (χ0n) is 16.6. The number of hydrogen-bond donors (Lipinski definition) is 3. The van der Waals surface area contributed by atoms with Crippen LogP contribution in [0.1, 0.15) is 36.1 Å². The fraction of sp³-hybridized carbons (Fsp3) is 0.455. The van der Waals surface area contributed by atoms with Gasteiger partial charge in [0, 0.05) is 10.6 Å². The largest absolute Gasteiger partial charge is 0.491 e. The fourth-order valence-electron chi connectivity index (χ4n) is 4.10. The van der Waals surface area contributed by atoms with E-state index in [4.69, 9.17) is 25.8 Å². The Labute approximate surface area is 178 Å². The third-order valence-electron chi connectivity index (χ3n) is 5.69. The predicted molar refractivity (Wildman–Crippen MR) is 107 cm³/mol. The zero-order chi connectivity index (χ0) is 21.6. The standard InChI is InChI=1S/C22H24ClFO6/c1-3-28-18-5-4-12(7-17(18)24)6-13-8-15-14(9-16(13)23)10-29-22(15)21(27)20(26)19(25)11(2)30-22/h4-5,7-9,11,19-21,25-27H,3,6,10H2,1-2H3/t11-,19-,20+,21-,22+/m1/s1. The summed E-state index contributed by atoms with van der Waals surface area (Å²) < 4.78 is 31.1. The van der Waals surface area contributed by atoms with E-state index in [9.17, 15) is 19.7 Å². The Hall–Kier alpha value is -1.74. The molecule has 1 saturated heterocycles. The topological polar surface area (TPSA) is 88.4 Å². The van der Waals surface area contributed by atoms with E-state index in [1.54, 1.807) is 38.1 Å². The highest BCUT2D eigenvalue weighted by atomic mass is 35.5. The SMILES string of the molecule is CCOc1ccc(Cc2cc3c(cc2Cl)CO[C@]32O[C@H](C)[C@@H](O)[C@H](O)[C@H]2O)cc1F. The molecule has 2 aliphatic rings. The van der Waals surface area contributed by atoms with Crippen molar-refractivity contribution < 1.29 is 33.9 Å². The van der Waals surface area contributed by atoms with Crippen molar-refractivity contribution in [3.8, 4) is 5.75 Å². The van der Waals surface area contributed by atoms with Crippen LogP contribution in [0.25, 0.3) is 0 Å². The lowest BCUT2D eigenvalue weighted by Gasteiger charge is -2.45. The second-order valence-corrected chi connectivity index (χ2v) is 8.09. The van der Waals surface area contributed by atoms with Gasteiger partial charge in [-0.25, -0.2) is 4.39 Å². The smallest absolute Gasteiger partial charge is 0.225 e. The van der Waals surface area contributed by atoms with Gasteiger partial charge in [0.2, 0.25) is 5.79 Å². The van der Waals surface area contributed by atoms with Crippen LogP contribution in [-0.4, -0.2) is 46.3 Å². The van der Waals surface area contributed by atoms with Crippen LogP contribution >= 0.6 is 11.6 Å². The lowest BCUT2D eigenvalue weighted by atomic mass is 9.86. The van der Waals surface area contributed by atoms with Crippen LogP contribution in [0.3, 0.4) is 0 Å². The molecule has 0 saturated carbocycles. The van der Waals surface area contributed by atoms with Gasteiger partial charge < -0.3 is 29.5 Å². The second kappa shape index (κ2) is 8.07. The van der Waals surface area contributed by atoms with Gasteiger partial charge in [0.15, 0.2) is 11.6 Å². The molecule has 4 rings (SSSR count). The van der Waals surface area contributed by atoms with Crippen LogP contribution in [0.2, 0.25) is 5.02 Å². The van der Waals surface area contributed by atoms with Crippen molar-refractivity contribution in [3.05, 3.63) is 63.4 Å². The van der Waals surface area contributed by atoms with Gasteiger partial charge in [-0.1, -0.05) is 17.7 Å². The van der Waals surface area contributed by atoms with Gasteiger partial charge in [-0.3, -0.25) is 0 Å². The molecule has 2 aliphatic heterocycles. The number of benzene rings is 2. The summed E-state index contributed by atoms with van der Waals surface area (Å²) in [6.45, 7) is 3.90. The molecule has 8 heteroatoms. The Balaban J connectivity index is 1.69. The van der Waals surface area contributed by atoms with E-state index in [1.807, 2.05) is 0 Å². The monoisotopic (exact) mass is 438 g/mol. The van der Waals surface area contributed by atoms with E-state index in [1.165, 1.54) is 6.07 Å². The van der Waals surface area contributed by atoms with Crippen LogP contribution in [0.5, 0.6) is 5.75 Å². The first-order valence-corrected chi connectivity index (χ1v) is 10.2. The van der Waals surface area contributed by atoms with Crippen LogP contribution in [-0.2, 0) is 28.3 Å². The second-order valence-electron chi connectivity index (χ2n) is 7.68. The first-order valence-electron chi connectivity index (χ1n) is 9.85. The Kier molecular flexibility index (Phi) is 5.78. The minimum atomic E-state index is -1.60. The van der Waals surface area contributed by atoms with E-state index in [2.05, 4.69) is 0 Å². The van der Waals surface area contributed by atoms with Gasteiger partial charge in [0.1, 0.15) is 18.3 Å². The number of fused-ring (bicyclic) bond motifs is 2. The van der Waals surface area contributed by atoms with Crippen molar-refractivity contribution in [1.82, 2.24) is 0 Å². The summed E-state index contributed by atoms with van der Waals surface area (Å²) in [6.07, 6.45) is -4.57. The fourth-order valence-corrected chi connectivity index (χ4v) is 4.35. The molecular weight excluding hydrogens is 415 g/mol. The summed E-state index contributed by atoms with van der Waals surface area (Å²) in [5.74, 6) is -1.87. The highest BCUT2D eigenvalue weighted by Gasteiger charge is 2.57. The van der Waals surface area contributed by atoms with Crippen molar-refractivity contribution in [1.29, 1.82) is 0 Å². The number of aliphatic hydroxyl groups is 3. The van der Waals surface area contributed by atoms with Crippen LogP contribution in [0, 0.1) is 5.82 Å². The summed E-state index contributed by atoms with van der Waals surface area (Å²) in [7, 11) is 0. The maximum Gasteiger partial charge on any atom is 0.225 e. The molecule has 0 unspecified atom stereocenters. The third kappa shape index (κ3) is 3.49. The lowest BCUT2D eigenvalue weighted by Crippen LogP contribution is -2.62. The van der Waals surface area contributed by atoms with Gasteiger partial charge in [0.05, 0.1) is 19.3 Å². The first kappa shape index (κ1) is 21.5. The molecule has 3 N–H and O–H groups in total. The Bertz CT molecular complexity index is 953. The molecule has 0 aromatic heterocycles. The third-order valence-corrected chi connectivity index (χ3v) is 6.04. The van der Waals surface area contributed by atoms with Gasteiger partial charge in [-0.15, -0.1) is 0 Å². The van der Waals surface area contributed by atoms with E-state index in [0.29, 0.717) is 34.7 Å². The van der Waals surface area contributed by atoms with Crippen molar-refractivity contribution in [2.45, 2.75) is 57.1 Å². The van der Waals surface area contributed by atoms with Crippen molar-refractivity contribution in [2.75, 3.05) is 6.61 Å². The molecule has 2 aromatic rings. The van der Waals surface area contributed by atoms with Gasteiger partial charge in [0.25, 0.3) is 0 Å². The minimum absolute atomic E-state index is 0.139. The molecule has 0 radical (unpaired) electrons. The predicted octanol–water partition coefficient (Wildman–Crippen LogP) is 2.65. The summed E-state index contributed by atoms with van der Waals surface area (Å²) in [5.41, 5.74) is 2.64. The number of halogens is 2. The molecular formula is C22H24ClFO6. The molecule has 2 heterocycles. The average molecular weight is 439 g/mol. The van der Waals surface area contributed by atoms with E-state index in [-0.39, 0.29) is 12.4 Å². The lowest BCUT2D eigenvalue weighted by molar-refractivity contribution is -0.362. The van der Waals surface area contributed by atoms with Crippen LogP contribution in [0.4, 0.5) is 4.39 Å². The molecule has 0 aliphatic carbocycles. The quantitative estimate of drug-likeness (QED) is 0.680. The Morgan fingerprint density at radius 2 is 1.97 bits per heavy atom. The molecule has 0 amide bonds. The molecule has 1 fully saturated rings. The molecule has 0 bridgehead atoms. The summed E-state index contributed by atoms with van der Waals surface area (Å²) in [6, 6.07) is 8.21. The average Bonchev–Trinajstić information content (AvgIpc) is 3.05. The summed E-state index contributed by atoms with van der Waals surface area (Å²) in [5, 5.41) is 31.5. The highest BCUT2D eigenvalue weighted by molar-refractivity contribution is 6.31. The maximum absolute atomic E-state index is 14.2. The number of rotatable bonds is 4. The molecule has 6 nitrogen and oxygen atoms in total. The Morgan fingerprint density at radius 1 is 1.20 bits per heavy atom. The van der Waals surface area contributed by atoms with E-state index >= 15 is 0 Å². The number of aliphatic hydroxyl groups excluding tert-OH is 3. The molecule has 1 spiro atoms. The van der Waals surface area contributed by atoms with Crippen LogP contribution in [0.15, 0.2) is 30.3 Å². The molecule has 2 aromatic carbocycles. The van der Waals surface area contributed by atoms with Gasteiger partial charge in [-0.2, -0.15) is 0 Å². The van der Waals surface area contributed by atoms with Gasteiger partial charge >= 0.3 is 0 Å². The Morgan fingerprint density at radius 3 is 2.67 bits per heavy atom. The maximum atomic E-state index is 14.2. The summed E-state index contributed by atoms with van der Waals surface area (Å²) >= 11 is 6.46. The van der Waals surface area contributed by atoms with E-state index < -0.39 is 36.0 Å². The number of hydrogen-bond acceptors (Lipinski definition) is 6.